The van der Waals surface area contributed by atoms with Crippen LogP contribution in [0.4, 0.5) is 4.53 Å². The van der Waals surface area contributed by atoms with Gasteiger partial charge in [-0.15, -0.1) is 0 Å². The second-order valence-electron chi connectivity index (χ2n) is 4.15. The Morgan fingerprint density at radius 1 is 1.78 bits per heavy atom. The van der Waals surface area contributed by atoms with E-state index in [2.05, 4.69) is 9.93 Å². The molecule has 100 valence electrons. The van der Waals surface area contributed by atoms with E-state index in [4.69, 9.17) is 22.1 Å². The zero-order valence-corrected chi connectivity index (χ0v) is 10.4. The van der Waals surface area contributed by atoms with Gasteiger partial charge in [0.25, 0.3) is 5.56 Å². The maximum Gasteiger partial charge on any atom is 0.254 e. The fourth-order valence-electron chi connectivity index (χ4n) is 1.93. The SMILES string of the molecule is Cc1cn([C@H]2CC(OF)[C@@H](CO)O2)c(=S)[nH]c1=O. The highest BCUT2D eigenvalue weighted by Crippen LogP contribution is 2.30. The van der Waals surface area contributed by atoms with Crippen LogP contribution >= 0.6 is 12.2 Å². The molecule has 8 heteroatoms. The average Bonchev–Trinajstić information content (AvgIpc) is 2.76. The molecule has 1 fully saturated rings. The lowest BCUT2D eigenvalue weighted by Gasteiger charge is -2.15. The third-order valence-corrected chi connectivity index (χ3v) is 3.24. The predicted octanol–water partition coefficient (Wildman–Crippen LogP) is 0.764. The molecular formula is C10H13FN2O4S. The van der Waals surface area contributed by atoms with Crippen LogP contribution in [0.3, 0.4) is 0 Å². The van der Waals surface area contributed by atoms with E-state index in [1.807, 2.05) is 0 Å². The van der Waals surface area contributed by atoms with E-state index in [9.17, 15) is 9.32 Å². The fourth-order valence-corrected chi connectivity index (χ4v) is 2.19. The number of aromatic nitrogens is 2. The predicted molar refractivity (Wildman–Crippen MR) is 62.2 cm³/mol. The van der Waals surface area contributed by atoms with Crippen molar-refractivity contribution in [1.82, 2.24) is 9.55 Å². The first kappa shape index (κ1) is 13.3. The summed E-state index contributed by atoms with van der Waals surface area (Å²) in [6.45, 7) is 1.28. The molecule has 1 aliphatic rings. The second-order valence-corrected chi connectivity index (χ2v) is 4.54. The Morgan fingerprint density at radius 3 is 3.06 bits per heavy atom. The van der Waals surface area contributed by atoms with Crippen LogP contribution in [-0.2, 0) is 9.68 Å². The summed E-state index contributed by atoms with van der Waals surface area (Å²) < 4.78 is 19.4. The highest BCUT2D eigenvalue weighted by molar-refractivity contribution is 7.71. The Hall–Kier alpha value is -1.09. The third kappa shape index (κ3) is 2.37. The summed E-state index contributed by atoms with van der Waals surface area (Å²) >= 11 is 5.02. The fraction of sp³-hybridized carbons (Fsp3) is 0.600. The zero-order chi connectivity index (χ0) is 13.3. The third-order valence-electron chi connectivity index (χ3n) is 2.93. The molecule has 0 aliphatic carbocycles. The van der Waals surface area contributed by atoms with Crippen molar-refractivity contribution in [2.24, 2.45) is 0 Å². The van der Waals surface area contributed by atoms with Crippen molar-refractivity contribution in [2.75, 3.05) is 6.61 Å². The number of H-pyrrole nitrogens is 1. The van der Waals surface area contributed by atoms with Crippen LogP contribution in [-0.4, -0.2) is 33.5 Å². The number of aryl methyl sites for hydroxylation is 1. The molecule has 1 aromatic heterocycles. The Labute approximate surface area is 107 Å². The summed E-state index contributed by atoms with van der Waals surface area (Å²) in [5, 5.41) is 9.04. The molecule has 3 atom stereocenters. The maximum absolute atomic E-state index is 12.3. The minimum absolute atomic E-state index is 0.187. The number of nitrogens with one attached hydrogen (secondary N) is 1. The molecular weight excluding hydrogens is 263 g/mol. The number of ether oxygens (including phenoxy) is 1. The number of hydrogen-bond donors (Lipinski definition) is 2. The molecule has 1 saturated heterocycles. The Morgan fingerprint density at radius 2 is 2.50 bits per heavy atom. The minimum atomic E-state index is -0.839. The van der Waals surface area contributed by atoms with Crippen molar-refractivity contribution >= 4 is 12.2 Å². The van der Waals surface area contributed by atoms with Crippen LogP contribution in [0.2, 0.25) is 0 Å². The van der Waals surface area contributed by atoms with Crippen molar-refractivity contribution < 1.29 is 19.3 Å². The molecule has 6 nitrogen and oxygen atoms in total. The van der Waals surface area contributed by atoms with Crippen LogP contribution in [0, 0.1) is 11.7 Å². The number of aliphatic hydroxyl groups excluding tert-OH is 1. The standard InChI is InChI=1S/C10H13FN2O4S/c1-5-3-13(10(18)12-9(5)15)8-2-6(17-11)7(4-14)16-8/h3,6-8,14H,2,4H2,1H3,(H,12,15,18)/t6?,7-,8-/m1/s1. The summed E-state index contributed by atoms with van der Waals surface area (Å²) in [6, 6.07) is 0. The van der Waals surface area contributed by atoms with Crippen LogP contribution in [0.25, 0.3) is 0 Å². The van der Waals surface area contributed by atoms with Gasteiger partial charge in [0, 0.05) is 18.2 Å². The molecule has 2 N–H and O–H groups in total. The number of halogens is 1. The maximum atomic E-state index is 12.3. The van der Waals surface area contributed by atoms with Gasteiger partial charge in [-0.1, -0.05) is 0 Å². The van der Waals surface area contributed by atoms with Gasteiger partial charge in [0.2, 0.25) is 0 Å². The monoisotopic (exact) mass is 276 g/mol. The Balaban J connectivity index is 2.31. The molecule has 1 unspecified atom stereocenters. The molecule has 0 bridgehead atoms. The average molecular weight is 276 g/mol. The molecule has 0 saturated carbocycles. The van der Waals surface area contributed by atoms with Crippen LogP contribution < -0.4 is 5.56 Å². The van der Waals surface area contributed by atoms with Crippen LogP contribution in [0.5, 0.6) is 0 Å². The second kappa shape index (κ2) is 5.27. The molecule has 0 aromatic carbocycles. The van der Waals surface area contributed by atoms with E-state index < -0.39 is 18.4 Å². The first-order valence-electron chi connectivity index (χ1n) is 5.42. The molecule has 0 spiro atoms. The smallest absolute Gasteiger partial charge is 0.254 e. The number of aliphatic hydroxyl groups is 1. The van der Waals surface area contributed by atoms with E-state index in [0.717, 1.165) is 0 Å². The van der Waals surface area contributed by atoms with Gasteiger partial charge >= 0.3 is 0 Å². The molecule has 1 aliphatic heterocycles. The molecule has 2 rings (SSSR count). The lowest BCUT2D eigenvalue weighted by molar-refractivity contribution is -0.197. The van der Waals surface area contributed by atoms with Crippen molar-refractivity contribution in [1.29, 1.82) is 0 Å². The van der Waals surface area contributed by atoms with E-state index in [0.29, 0.717) is 5.56 Å². The number of hydrogen-bond acceptors (Lipinski definition) is 5. The van der Waals surface area contributed by atoms with Gasteiger partial charge in [0.15, 0.2) is 4.77 Å². The van der Waals surface area contributed by atoms with Crippen molar-refractivity contribution in [3.05, 3.63) is 26.9 Å². The molecule has 1 aromatic rings. The number of nitrogens with zero attached hydrogens (tertiary/aromatic N) is 1. The van der Waals surface area contributed by atoms with Gasteiger partial charge in [0.1, 0.15) is 18.4 Å². The summed E-state index contributed by atoms with van der Waals surface area (Å²) in [7, 11) is 0. The van der Waals surface area contributed by atoms with Gasteiger partial charge in [-0.05, 0) is 23.7 Å². The quantitative estimate of drug-likeness (QED) is 0.797. The number of rotatable bonds is 3. The van der Waals surface area contributed by atoms with Crippen molar-refractivity contribution in [3.8, 4) is 0 Å². The summed E-state index contributed by atoms with van der Waals surface area (Å²) in [5.74, 6) is 0. The van der Waals surface area contributed by atoms with E-state index in [1.54, 1.807) is 13.1 Å². The van der Waals surface area contributed by atoms with Crippen LogP contribution in [0.15, 0.2) is 11.0 Å². The van der Waals surface area contributed by atoms with E-state index in [-0.39, 0.29) is 23.4 Å². The summed E-state index contributed by atoms with van der Waals surface area (Å²) in [6.07, 6.45) is -0.392. The lowest BCUT2D eigenvalue weighted by Crippen LogP contribution is -2.25. The highest BCUT2D eigenvalue weighted by atomic mass is 32.1. The Bertz CT molecular complexity index is 531. The molecule has 18 heavy (non-hydrogen) atoms. The highest BCUT2D eigenvalue weighted by Gasteiger charge is 2.37. The van der Waals surface area contributed by atoms with Crippen LogP contribution in [0.1, 0.15) is 18.2 Å². The molecule has 0 amide bonds. The molecule has 2 heterocycles. The van der Waals surface area contributed by atoms with Gasteiger partial charge in [0.05, 0.1) is 6.61 Å². The van der Waals surface area contributed by atoms with Gasteiger partial charge in [-0.2, -0.15) is 4.94 Å². The largest absolute Gasteiger partial charge is 0.394 e. The van der Waals surface area contributed by atoms with Gasteiger partial charge in [-0.25, -0.2) is 0 Å². The van der Waals surface area contributed by atoms with Gasteiger partial charge in [-0.3, -0.25) is 14.3 Å². The molecule has 0 radical (unpaired) electrons. The van der Waals surface area contributed by atoms with E-state index in [1.165, 1.54) is 4.57 Å². The Kier molecular flexibility index (Phi) is 3.91. The zero-order valence-electron chi connectivity index (χ0n) is 9.63. The summed E-state index contributed by atoms with van der Waals surface area (Å²) in [5.41, 5.74) is 0.198. The van der Waals surface area contributed by atoms with Crippen molar-refractivity contribution in [2.45, 2.75) is 31.8 Å². The number of aromatic amines is 1. The lowest BCUT2D eigenvalue weighted by atomic mass is 10.2. The topological polar surface area (TPSA) is 76.5 Å². The first-order chi connectivity index (χ1) is 8.56. The first-order valence-corrected chi connectivity index (χ1v) is 5.83. The normalized spacial score (nSPS) is 27.6. The van der Waals surface area contributed by atoms with E-state index >= 15 is 0 Å². The summed E-state index contributed by atoms with van der Waals surface area (Å²) in [4.78, 5) is 17.6. The minimum Gasteiger partial charge on any atom is -0.394 e. The van der Waals surface area contributed by atoms with Gasteiger partial charge < -0.3 is 9.84 Å². The van der Waals surface area contributed by atoms with Crippen molar-refractivity contribution in [3.63, 3.8) is 0 Å².